The molecule has 1 fully saturated rings. The average molecular weight is 168 g/mol. The molecule has 0 aromatic rings. The van der Waals surface area contributed by atoms with Gasteiger partial charge in [0.2, 0.25) is 0 Å². The van der Waals surface area contributed by atoms with Crippen LogP contribution in [-0.4, -0.2) is 12.2 Å². The Labute approximate surface area is 75.8 Å². The summed E-state index contributed by atoms with van der Waals surface area (Å²) in [6, 6.07) is 0. The monoisotopic (exact) mass is 168 g/mol. The fourth-order valence-corrected chi connectivity index (χ4v) is 2.26. The van der Waals surface area contributed by atoms with E-state index in [0.29, 0.717) is 5.41 Å². The van der Waals surface area contributed by atoms with Crippen molar-refractivity contribution in [3.05, 3.63) is 12.7 Å². The SMILES string of the molecule is C=CCC1(C)CCOC(C)(C)C1. The van der Waals surface area contributed by atoms with Gasteiger partial charge in [0, 0.05) is 6.61 Å². The van der Waals surface area contributed by atoms with E-state index in [2.05, 4.69) is 27.4 Å². The van der Waals surface area contributed by atoms with E-state index < -0.39 is 0 Å². The minimum Gasteiger partial charge on any atom is -0.376 e. The highest BCUT2D eigenvalue weighted by Gasteiger charge is 2.36. The standard InChI is InChI=1S/C11H20O/c1-5-6-11(4)7-8-12-10(2,3)9-11/h5H,1,6-9H2,2-4H3. The Morgan fingerprint density at radius 2 is 2.08 bits per heavy atom. The van der Waals surface area contributed by atoms with E-state index in [4.69, 9.17) is 4.74 Å². The molecule has 1 nitrogen and oxygen atoms in total. The van der Waals surface area contributed by atoms with Gasteiger partial charge in [-0.2, -0.15) is 0 Å². The normalized spacial score (nSPS) is 34.6. The van der Waals surface area contributed by atoms with Crippen LogP contribution in [0.3, 0.4) is 0 Å². The van der Waals surface area contributed by atoms with Crippen molar-refractivity contribution in [2.45, 2.75) is 45.6 Å². The summed E-state index contributed by atoms with van der Waals surface area (Å²) in [7, 11) is 0. The van der Waals surface area contributed by atoms with Crippen molar-refractivity contribution in [1.29, 1.82) is 0 Å². The summed E-state index contributed by atoms with van der Waals surface area (Å²) < 4.78 is 5.67. The lowest BCUT2D eigenvalue weighted by Crippen LogP contribution is -2.39. The van der Waals surface area contributed by atoms with Gasteiger partial charge < -0.3 is 4.74 Å². The average Bonchev–Trinajstić information content (AvgIpc) is 1.83. The molecule has 0 N–H and O–H groups in total. The molecule has 1 heteroatoms. The Hall–Kier alpha value is -0.300. The lowest BCUT2D eigenvalue weighted by molar-refractivity contribution is -0.0986. The van der Waals surface area contributed by atoms with Crippen molar-refractivity contribution >= 4 is 0 Å². The van der Waals surface area contributed by atoms with Crippen molar-refractivity contribution < 1.29 is 4.74 Å². The molecule has 0 spiro atoms. The fourth-order valence-electron chi connectivity index (χ4n) is 2.26. The Morgan fingerprint density at radius 1 is 1.42 bits per heavy atom. The largest absolute Gasteiger partial charge is 0.376 e. The van der Waals surface area contributed by atoms with Gasteiger partial charge in [-0.1, -0.05) is 13.0 Å². The first-order valence-electron chi connectivity index (χ1n) is 4.72. The lowest BCUT2D eigenvalue weighted by atomic mass is 9.73. The van der Waals surface area contributed by atoms with E-state index in [-0.39, 0.29) is 5.60 Å². The van der Waals surface area contributed by atoms with Crippen LogP contribution in [0.15, 0.2) is 12.7 Å². The van der Waals surface area contributed by atoms with Gasteiger partial charge in [0.25, 0.3) is 0 Å². The second-order valence-corrected chi connectivity index (χ2v) is 4.84. The number of ether oxygens (including phenoxy) is 1. The third-order valence-electron chi connectivity index (χ3n) is 2.69. The molecule has 1 rings (SSSR count). The summed E-state index contributed by atoms with van der Waals surface area (Å²) in [6.45, 7) is 11.4. The van der Waals surface area contributed by atoms with Gasteiger partial charge in [-0.05, 0) is 38.5 Å². The summed E-state index contributed by atoms with van der Waals surface area (Å²) in [5, 5.41) is 0. The number of hydrogen-bond acceptors (Lipinski definition) is 1. The van der Waals surface area contributed by atoms with E-state index >= 15 is 0 Å². The summed E-state index contributed by atoms with van der Waals surface area (Å²) in [5.74, 6) is 0. The zero-order valence-electron chi connectivity index (χ0n) is 8.52. The predicted molar refractivity (Wildman–Crippen MR) is 52.2 cm³/mol. The minimum absolute atomic E-state index is 0.0655. The van der Waals surface area contributed by atoms with E-state index in [1.807, 2.05) is 6.08 Å². The smallest absolute Gasteiger partial charge is 0.0631 e. The quantitative estimate of drug-likeness (QED) is 0.575. The van der Waals surface area contributed by atoms with Crippen LogP contribution < -0.4 is 0 Å². The van der Waals surface area contributed by atoms with Gasteiger partial charge >= 0.3 is 0 Å². The first-order chi connectivity index (χ1) is 5.47. The van der Waals surface area contributed by atoms with E-state index in [1.54, 1.807) is 0 Å². The molecule has 1 atom stereocenters. The summed E-state index contributed by atoms with van der Waals surface area (Å²) in [4.78, 5) is 0. The van der Waals surface area contributed by atoms with Crippen LogP contribution >= 0.6 is 0 Å². The minimum atomic E-state index is 0.0655. The molecule has 1 heterocycles. The molecule has 0 aromatic heterocycles. The van der Waals surface area contributed by atoms with Crippen LogP contribution in [-0.2, 0) is 4.74 Å². The highest BCUT2D eigenvalue weighted by molar-refractivity contribution is 4.91. The maximum Gasteiger partial charge on any atom is 0.0631 e. The second-order valence-electron chi connectivity index (χ2n) is 4.84. The highest BCUT2D eigenvalue weighted by atomic mass is 16.5. The molecule has 70 valence electrons. The van der Waals surface area contributed by atoms with Crippen LogP contribution in [0.2, 0.25) is 0 Å². The molecule has 1 saturated heterocycles. The third-order valence-corrected chi connectivity index (χ3v) is 2.69. The summed E-state index contributed by atoms with van der Waals surface area (Å²) >= 11 is 0. The van der Waals surface area contributed by atoms with Gasteiger partial charge in [-0.3, -0.25) is 0 Å². The Bertz CT molecular complexity index is 172. The molecule has 0 bridgehead atoms. The first-order valence-corrected chi connectivity index (χ1v) is 4.72. The number of hydrogen-bond donors (Lipinski definition) is 0. The predicted octanol–water partition coefficient (Wildman–Crippen LogP) is 3.16. The van der Waals surface area contributed by atoms with Gasteiger partial charge in [0.05, 0.1) is 5.60 Å². The first kappa shape index (κ1) is 9.79. The Balaban J connectivity index is 2.60. The molecule has 0 saturated carbocycles. The summed E-state index contributed by atoms with van der Waals surface area (Å²) in [5.41, 5.74) is 0.486. The molecule has 1 aliphatic heterocycles. The van der Waals surface area contributed by atoms with Gasteiger partial charge in [-0.15, -0.1) is 6.58 Å². The van der Waals surface area contributed by atoms with Crippen LogP contribution in [0.25, 0.3) is 0 Å². The van der Waals surface area contributed by atoms with Crippen molar-refractivity contribution in [2.24, 2.45) is 5.41 Å². The Morgan fingerprint density at radius 3 is 2.58 bits per heavy atom. The molecule has 0 amide bonds. The third kappa shape index (κ3) is 2.34. The molecule has 0 aliphatic carbocycles. The highest BCUT2D eigenvalue weighted by Crippen LogP contribution is 2.40. The number of rotatable bonds is 2. The zero-order valence-corrected chi connectivity index (χ0v) is 8.52. The topological polar surface area (TPSA) is 9.23 Å². The van der Waals surface area contributed by atoms with Crippen molar-refractivity contribution in [2.75, 3.05) is 6.61 Å². The molecule has 0 aromatic carbocycles. The molecule has 1 aliphatic rings. The fraction of sp³-hybridized carbons (Fsp3) is 0.818. The van der Waals surface area contributed by atoms with Gasteiger partial charge in [-0.25, -0.2) is 0 Å². The molecular weight excluding hydrogens is 148 g/mol. The van der Waals surface area contributed by atoms with Crippen molar-refractivity contribution in [3.63, 3.8) is 0 Å². The Kier molecular flexibility index (Phi) is 2.62. The van der Waals surface area contributed by atoms with Crippen LogP contribution in [0.5, 0.6) is 0 Å². The van der Waals surface area contributed by atoms with Crippen molar-refractivity contribution in [3.8, 4) is 0 Å². The maximum atomic E-state index is 5.67. The second kappa shape index (κ2) is 3.21. The van der Waals surface area contributed by atoms with Crippen LogP contribution in [0.4, 0.5) is 0 Å². The molecule has 0 radical (unpaired) electrons. The van der Waals surface area contributed by atoms with E-state index in [0.717, 1.165) is 19.4 Å². The van der Waals surface area contributed by atoms with Crippen LogP contribution in [0, 0.1) is 5.41 Å². The van der Waals surface area contributed by atoms with E-state index in [9.17, 15) is 0 Å². The molecular formula is C11H20O. The van der Waals surface area contributed by atoms with E-state index in [1.165, 1.54) is 6.42 Å². The number of allylic oxidation sites excluding steroid dienone is 1. The van der Waals surface area contributed by atoms with Crippen LogP contribution in [0.1, 0.15) is 40.0 Å². The molecule has 1 unspecified atom stereocenters. The van der Waals surface area contributed by atoms with Crippen molar-refractivity contribution in [1.82, 2.24) is 0 Å². The van der Waals surface area contributed by atoms with Gasteiger partial charge in [0.1, 0.15) is 0 Å². The lowest BCUT2D eigenvalue weighted by Gasteiger charge is -2.42. The summed E-state index contributed by atoms with van der Waals surface area (Å²) in [6.07, 6.45) is 5.45. The maximum absolute atomic E-state index is 5.67. The molecule has 12 heavy (non-hydrogen) atoms. The zero-order chi connectivity index (χ0) is 9.24. The van der Waals surface area contributed by atoms with Gasteiger partial charge in [0.15, 0.2) is 0 Å².